The van der Waals surface area contributed by atoms with Crippen LogP contribution in [-0.2, 0) is 16.0 Å². The van der Waals surface area contributed by atoms with Crippen molar-refractivity contribution in [1.82, 2.24) is 15.3 Å². The van der Waals surface area contributed by atoms with Gasteiger partial charge in [-0.3, -0.25) is 4.79 Å². The van der Waals surface area contributed by atoms with Gasteiger partial charge in [0, 0.05) is 17.1 Å². The summed E-state index contributed by atoms with van der Waals surface area (Å²) in [4.78, 5) is 45.6. The molecule has 0 radical (unpaired) electrons. The molecule has 2 N–H and O–H groups in total. The van der Waals surface area contributed by atoms with E-state index in [1.807, 2.05) is 6.07 Å². The van der Waals surface area contributed by atoms with Gasteiger partial charge in [-0.2, -0.15) is 5.26 Å². The standard InChI is InChI=1S/C28H28Cl2FN5O6/c1-27(2,3)41-25(38)36(26(39)42-28(4,5)6)24-34-14-20(35-24)23(37)33-13-16-7-8-19(30)22(21(16)31)40-18-10-15(12-32)9-17(29)11-18/h7-11,14H,13H2,1-6H3,(H,33,37)(H,34,35). The molecule has 0 aliphatic carbocycles. The molecule has 0 bridgehead atoms. The predicted molar refractivity (Wildman–Crippen MR) is 152 cm³/mol. The minimum absolute atomic E-state index is 0.0224. The van der Waals surface area contributed by atoms with Gasteiger partial charge in [-0.25, -0.2) is 19.0 Å². The van der Waals surface area contributed by atoms with Gasteiger partial charge in [0.2, 0.25) is 5.95 Å². The molecule has 0 aliphatic rings. The van der Waals surface area contributed by atoms with Gasteiger partial charge in [-0.05, 0) is 65.8 Å². The van der Waals surface area contributed by atoms with Crippen LogP contribution in [0.15, 0.2) is 36.5 Å². The van der Waals surface area contributed by atoms with Gasteiger partial charge in [0.1, 0.15) is 22.6 Å². The maximum atomic E-state index is 15.3. The van der Waals surface area contributed by atoms with Crippen molar-refractivity contribution in [3.8, 4) is 17.6 Å². The minimum atomic E-state index is -1.07. The first-order valence-corrected chi connectivity index (χ1v) is 13.2. The maximum Gasteiger partial charge on any atom is 0.427 e. The van der Waals surface area contributed by atoms with Gasteiger partial charge in [0.15, 0.2) is 11.6 Å². The summed E-state index contributed by atoms with van der Waals surface area (Å²) in [5, 5.41) is 11.8. The number of carbonyl (C=O) groups excluding carboxylic acids is 3. The van der Waals surface area contributed by atoms with Gasteiger partial charge in [-0.15, -0.1) is 4.90 Å². The number of anilines is 1. The number of hydrogen-bond donors (Lipinski definition) is 2. The van der Waals surface area contributed by atoms with Crippen molar-refractivity contribution in [1.29, 1.82) is 5.26 Å². The van der Waals surface area contributed by atoms with Crippen LogP contribution < -0.4 is 15.0 Å². The predicted octanol–water partition coefficient (Wildman–Crippen LogP) is 7.13. The molecule has 0 unspecified atom stereocenters. The van der Waals surface area contributed by atoms with Crippen LogP contribution in [0.3, 0.4) is 0 Å². The molecule has 3 amide bonds. The van der Waals surface area contributed by atoms with E-state index in [9.17, 15) is 14.4 Å². The molecule has 222 valence electrons. The van der Waals surface area contributed by atoms with Gasteiger partial charge >= 0.3 is 12.2 Å². The van der Waals surface area contributed by atoms with Crippen molar-refractivity contribution in [2.75, 3.05) is 4.90 Å². The Labute approximate surface area is 251 Å². The number of rotatable bonds is 6. The van der Waals surface area contributed by atoms with Crippen LogP contribution in [0.4, 0.5) is 19.9 Å². The molecule has 0 aliphatic heterocycles. The molecule has 0 saturated carbocycles. The Morgan fingerprint density at radius 1 is 1.05 bits per heavy atom. The summed E-state index contributed by atoms with van der Waals surface area (Å²) in [6.07, 6.45) is -1.06. The number of aromatic nitrogens is 2. The van der Waals surface area contributed by atoms with Crippen LogP contribution in [0.1, 0.15) is 63.2 Å². The zero-order chi connectivity index (χ0) is 31.4. The molecule has 3 aromatic rings. The van der Waals surface area contributed by atoms with Crippen LogP contribution in [0.25, 0.3) is 0 Å². The summed E-state index contributed by atoms with van der Waals surface area (Å²) in [6.45, 7) is 9.39. The van der Waals surface area contributed by atoms with Crippen LogP contribution >= 0.6 is 23.2 Å². The van der Waals surface area contributed by atoms with Gasteiger partial charge in [-0.1, -0.05) is 29.3 Å². The van der Waals surface area contributed by atoms with E-state index in [1.54, 1.807) is 41.5 Å². The molecule has 1 aromatic heterocycles. The number of ether oxygens (including phenoxy) is 3. The van der Waals surface area contributed by atoms with Crippen molar-refractivity contribution < 1.29 is 33.0 Å². The minimum Gasteiger partial charge on any atom is -0.453 e. The average Bonchev–Trinajstić information content (AvgIpc) is 3.33. The second-order valence-corrected chi connectivity index (χ2v) is 11.7. The number of imidazole rings is 1. The lowest BCUT2D eigenvalue weighted by Crippen LogP contribution is -2.44. The van der Waals surface area contributed by atoms with Crippen LogP contribution in [0.2, 0.25) is 10.0 Å². The van der Waals surface area contributed by atoms with Gasteiger partial charge in [0.05, 0.1) is 22.9 Å². The fraction of sp³-hybridized carbons (Fsp3) is 0.321. The first kappa shape index (κ1) is 32.2. The quantitative estimate of drug-likeness (QED) is 0.296. The van der Waals surface area contributed by atoms with E-state index in [0.29, 0.717) is 4.90 Å². The highest BCUT2D eigenvalue weighted by atomic mass is 35.5. The van der Waals surface area contributed by atoms with E-state index in [2.05, 4.69) is 15.3 Å². The van der Waals surface area contributed by atoms with Gasteiger partial charge < -0.3 is 24.5 Å². The van der Waals surface area contributed by atoms with Crippen molar-refractivity contribution in [3.63, 3.8) is 0 Å². The zero-order valence-electron chi connectivity index (χ0n) is 23.6. The lowest BCUT2D eigenvalue weighted by atomic mass is 10.2. The molecule has 3 rings (SSSR count). The summed E-state index contributed by atoms with van der Waals surface area (Å²) in [6, 6.07) is 8.83. The van der Waals surface area contributed by atoms with Gasteiger partial charge in [0.25, 0.3) is 5.91 Å². The lowest BCUT2D eigenvalue weighted by Gasteiger charge is -2.27. The number of nitriles is 1. The van der Waals surface area contributed by atoms with Crippen LogP contribution in [0, 0.1) is 17.1 Å². The SMILES string of the molecule is CC(C)(C)OC(=O)N(C(=O)OC(C)(C)C)c1ncc(C(=O)NCc2ccc(Cl)c(Oc3cc(Cl)cc(C#N)c3)c2F)[nH]1. The smallest absolute Gasteiger partial charge is 0.427 e. The molecule has 2 aromatic carbocycles. The first-order valence-electron chi connectivity index (χ1n) is 12.4. The molecular formula is C28H28Cl2FN5O6. The van der Waals surface area contributed by atoms with E-state index in [0.717, 1.165) is 6.20 Å². The maximum absolute atomic E-state index is 15.3. The molecule has 42 heavy (non-hydrogen) atoms. The number of nitrogens with one attached hydrogen (secondary N) is 2. The number of H-pyrrole nitrogens is 1. The molecule has 0 spiro atoms. The molecule has 0 saturated heterocycles. The molecule has 11 nitrogen and oxygen atoms in total. The monoisotopic (exact) mass is 619 g/mol. The highest BCUT2D eigenvalue weighted by Gasteiger charge is 2.35. The van der Waals surface area contributed by atoms with Crippen molar-refractivity contribution in [3.05, 3.63) is 69.2 Å². The number of imide groups is 1. The van der Waals surface area contributed by atoms with E-state index in [-0.39, 0.29) is 50.9 Å². The fourth-order valence-corrected chi connectivity index (χ4v) is 3.69. The topological polar surface area (TPSA) is 147 Å². The second-order valence-electron chi connectivity index (χ2n) is 10.8. The summed E-state index contributed by atoms with van der Waals surface area (Å²) in [7, 11) is 0. The molecule has 1 heterocycles. The Kier molecular flexibility index (Phi) is 9.71. The lowest BCUT2D eigenvalue weighted by molar-refractivity contribution is 0.0427. The van der Waals surface area contributed by atoms with E-state index < -0.39 is 35.1 Å². The Morgan fingerprint density at radius 2 is 1.67 bits per heavy atom. The van der Waals surface area contributed by atoms with Crippen molar-refractivity contribution in [2.24, 2.45) is 0 Å². The number of hydrogen-bond acceptors (Lipinski definition) is 8. The highest BCUT2D eigenvalue weighted by Crippen LogP contribution is 2.35. The summed E-state index contributed by atoms with van der Waals surface area (Å²) in [5.74, 6) is -2.15. The Bertz CT molecular complexity index is 1530. The van der Waals surface area contributed by atoms with Crippen molar-refractivity contribution >= 4 is 47.2 Å². The number of aromatic amines is 1. The number of amides is 3. The summed E-state index contributed by atoms with van der Waals surface area (Å²) >= 11 is 12.1. The average molecular weight is 620 g/mol. The third kappa shape index (κ3) is 8.58. The Morgan fingerprint density at radius 3 is 2.24 bits per heavy atom. The number of nitrogens with zero attached hydrogens (tertiary/aromatic N) is 3. The van der Waals surface area contributed by atoms with E-state index in [4.69, 9.17) is 42.7 Å². The molecule has 14 heteroatoms. The van der Waals surface area contributed by atoms with Crippen LogP contribution in [-0.4, -0.2) is 39.3 Å². The highest BCUT2D eigenvalue weighted by molar-refractivity contribution is 6.32. The van der Waals surface area contributed by atoms with E-state index in [1.165, 1.54) is 30.3 Å². The summed E-state index contributed by atoms with van der Waals surface area (Å²) < 4.78 is 31.5. The Hall–Kier alpha value is -4.34. The third-order valence-corrected chi connectivity index (χ3v) is 5.48. The zero-order valence-corrected chi connectivity index (χ0v) is 25.1. The van der Waals surface area contributed by atoms with Crippen molar-refractivity contribution in [2.45, 2.75) is 59.3 Å². The first-order chi connectivity index (χ1) is 19.5. The largest absolute Gasteiger partial charge is 0.453 e. The number of carbonyl (C=O) groups is 3. The molecule has 0 fully saturated rings. The Balaban J connectivity index is 1.79. The number of benzene rings is 2. The van der Waals surface area contributed by atoms with E-state index >= 15 is 4.39 Å². The number of halogens is 3. The third-order valence-electron chi connectivity index (χ3n) is 4.96. The fourth-order valence-electron chi connectivity index (χ4n) is 3.28. The molecule has 0 atom stereocenters. The normalized spacial score (nSPS) is 11.3. The summed E-state index contributed by atoms with van der Waals surface area (Å²) in [5.41, 5.74) is -1.81. The molecular weight excluding hydrogens is 592 g/mol. The second kappa shape index (κ2) is 12.7. The van der Waals surface area contributed by atoms with Crippen LogP contribution in [0.5, 0.6) is 11.5 Å².